The van der Waals surface area contributed by atoms with E-state index in [0.29, 0.717) is 11.8 Å². The third-order valence-electron chi connectivity index (χ3n) is 5.50. The van der Waals surface area contributed by atoms with Gasteiger partial charge in [0.05, 0.1) is 0 Å². The highest BCUT2D eigenvalue weighted by Crippen LogP contribution is 2.24. The molecule has 2 aromatic rings. The predicted octanol–water partition coefficient (Wildman–Crippen LogP) is 4.58. The largest absolute Gasteiger partial charge is 0.335 e. The fourth-order valence-electron chi connectivity index (χ4n) is 4.20. The minimum atomic E-state index is -0.109. The van der Waals surface area contributed by atoms with Gasteiger partial charge in [-0.3, -0.25) is 4.90 Å². The number of rotatable bonds is 4. The summed E-state index contributed by atoms with van der Waals surface area (Å²) in [5, 5.41) is 6.23. The van der Waals surface area contributed by atoms with Crippen molar-refractivity contribution in [2.45, 2.75) is 40.3 Å². The van der Waals surface area contributed by atoms with E-state index in [-0.39, 0.29) is 12.1 Å². The monoisotopic (exact) mass is 365 g/mol. The van der Waals surface area contributed by atoms with E-state index in [0.717, 1.165) is 30.9 Å². The summed E-state index contributed by atoms with van der Waals surface area (Å²) in [6, 6.07) is 16.7. The molecule has 0 spiro atoms. The van der Waals surface area contributed by atoms with Gasteiger partial charge >= 0.3 is 6.03 Å². The van der Waals surface area contributed by atoms with Crippen LogP contribution in [0.3, 0.4) is 0 Å². The Hall–Kier alpha value is -2.33. The molecule has 1 heterocycles. The van der Waals surface area contributed by atoms with Gasteiger partial charge in [0.25, 0.3) is 0 Å². The van der Waals surface area contributed by atoms with Gasteiger partial charge in [0.15, 0.2) is 0 Å². The molecule has 0 bridgehead atoms. The van der Waals surface area contributed by atoms with Crippen molar-refractivity contribution in [3.63, 3.8) is 0 Å². The normalized spacial score (nSPS) is 23.0. The number of nitrogens with one attached hydrogen (secondary N) is 2. The summed E-state index contributed by atoms with van der Waals surface area (Å²) in [7, 11) is 0. The maximum absolute atomic E-state index is 12.5. The highest BCUT2D eigenvalue weighted by molar-refractivity contribution is 5.90. The summed E-state index contributed by atoms with van der Waals surface area (Å²) in [5.41, 5.74) is 4.51. The highest BCUT2D eigenvalue weighted by atomic mass is 16.2. The number of urea groups is 1. The molecule has 3 rings (SSSR count). The summed E-state index contributed by atoms with van der Waals surface area (Å²) < 4.78 is 0. The Morgan fingerprint density at radius 2 is 1.70 bits per heavy atom. The molecule has 0 radical (unpaired) electrons. The maximum atomic E-state index is 12.5. The van der Waals surface area contributed by atoms with E-state index in [4.69, 9.17) is 0 Å². The van der Waals surface area contributed by atoms with Crippen molar-refractivity contribution in [1.29, 1.82) is 0 Å². The quantitative estimate of drug-likeness (QED) is 0.833. The molecular weight excluding hydrogens is 334 g/mol. The van der Waals surface area contributed by atoms with Crippen LogP contribution in [-0.2, 0) is 6.54 Å². The van der Waals surface area contributed by atoms with Crippen molar-refractivity contribution < 1.29 is 4.79 Å². The van der Waals surface area contributed by atoms with E-state index >= 15 is 0 Å². The fraction of sp³-hybridized carbons (Fsp3) is 0.435. The van der Waals surface area contributed by atoms with Crippen molar-refractivity contribution in [1.82, 2.24) is 10.2 Å². The number of benzene rings is 2. The molecule has 0 aliphatic carbocycles. The van der Waals surface area contributed by atoms with Gasteiger partial charge in [0.2, 0.25) is 0 Å². The van der Waals surface area contributed by atoms with Crippen LogP contribution < -0.4 is 10.6 Å². The summed E-state index contributed by atoms with van der Waals surface area (Å²) in [4.78, 5) is 15.0. The first kappa shape index (κ1) is 19.4. The Balaban J connectivity index is 1.56. The average molecular weight is 366 g/mol. The number of hydrogen-bond acceptors (Lipinski definition) is 2. The van der Waals surface area contributed by atoms with Crippen LogP contribution in [-0.4, -0.2) is 30.1 Å². The van der Waals surface area contributed by atoms with Crippen molar-refractivity contribution in [3.05, 3.63) is 65.2 Å². The van der Waals surface area contributed by atoms with Gasteiger partial charge in [0.1, 0.15) is 0 Å². The molecule has 27 heavy (non-hydrogen) atoms. The minimum absolute atomic E-state index is 0.109. The Labute approximate surface area is 163 Å². The number of carbonyl (C=O) groups excluding carboxylic acids is 1. The molecule has 0 aromatic heterocycles. The molecule has 1 saturated heterocycles. The number of aryl methyl sites for hydroxylation is 2. The highest BCUT2D eigenvalue weighted by Gasteiger charge is 2.32. The molecule has 2 unspecified atom stereocenters. The number of amides is 2. The fourth-order valence-corrected chi connectivity index (χ4v) is 4.20. The third kappa shape index (κ3) is 5.10. The lowest BCUT2D eigenvalue weighted by Gasteiger charge is -2.41. The third-order valence-corrected chi connectivity index (χ3v) is 5.50. The van der Waals surface area contributed by atoms with E-state index < -0.39 is 0 Å². The first-order chi connectivity index (χ1) is 12.9. The predicted molar refractivity (Wildman–Crippen MR) is 112 cm³/mol. The van der Waals surface area contributed by atoms with Gasteiger partial charge in [0, 0.05) is 31.4 Å². The van der Waals surface area contributed by atoms with Gasteiger partial charge in [-0.25, -0.2) is 4.79 Å². The van der Waals surface area contributed by atoms with E-state index in [2.05, 4.69) is 72.7 Å². The number of carbonyl (C=O) groups is 1. The van der Waals surface area contributed by atoms with E-state index in [1.54, 1.807) is 0 Å². The van der Waals surface area contributed by atoms with Gasteiger partial charge in [-0.05, 0) is 42.9 Å². The number of likely N-dealkylation sites (tertiary alicyclic amines) is 1. The van der Waals surface area contributed by atoms with Crippen LogP contribution in [0.1, 0.15) is 30.5 Å². The van der Waals surface area contributed by atoms with Crippen molar-refractivity contribution in [2.24, 2.45) is 11.8 Å². The van der Waals surface area contributed by atoms with Crippen molar-refractivity contribution >= 4 is 11.7 Å². The molecular formula is C23H31N3O. The SMILES string of the molecule is Cc1ccc(NC(=O)NC2C(C)CN(Cc3ccccc3)CC2C)c(C)c1. The molecule has 144 valence electrons. The molecule has 1 fully saturated rings. The molecule has 0 saturated carbocycles. The van der Waals surface area contributed by atoms with E-state index in [9.17, 15) is 4.79 Å². The van der Waals surface area contributed by atoms with Crippen LogP contribution in [0, 0.1) is 25.7 Å². The zero-order valence-corrected chi connectivity index (χ0v) is 16.8. The molecule has 2 aromatic carbocycles. The van der Waals surface area contributed by atoms with Crippen molar-refractivity contribution in [3.8, 4) is 0 Å². The van der Waals surface area contributed by atoms with E-state index in [1.807, 2.05) is 19.1 Å². The Bertz CT molecular complexity index is 762. The molecule has 1 aliphatic rings. The summed E-state index contributed by atoms with van der Waals surface area (Å²) in [6.45, 7) is 11.5. The summed E-state index contributed by atoms with van der Waals surface area (Å²) in [6.07, 6.45) is 0. The topological polar surface area (TPSA) is 44.4 Å². The number of nitrogens with zero attached hydrogens (tertiary/aromatic N) is 1. The molecule has 2 N–H and O–H groups in total. The van der Waals surface area contributed by atoms with Gasteiger partial charge in [-0.1, -0.05) is 61.9 Å². The molecule has 4 heteroatoms. The standard InChI is InChI=1S/C23H31N3O/c1-16-10-11-21(17(2)12-16)24-23(27)25-22-18(3)13-26(14-19(22)4)15-20-8-6-5-7-9-20/h5-12,18-19,22H,13-15H2,1-4H3,(H2,24,25,27). The van der Waals surface area contributed by atoms with Crippen molar-refractivity contribution in [2.75, 3.05) is 18.4 Å². The number of piperidine rings is 1. The Morgan fingerprint density at radius 3 is 2.33 bits per heavy atom. The van der Waals surface area contributed by atoms with Gasteiger partial charge < -0.3 is 10.6 Å². The molecule has 2 amide bonds. The van der Waals surface area contributed by atoms with Crippen LogP contribution >= 0.6 is 0 Å². The molecule has 1 aliphatic heterocycles. The zero-order chi connectivity index (χ0) is 19.4. The Morgan fingerprint density at radius 1 is 1.04 bits per heavy atom. The van der Waals surface area contributed by atoms with Crippen LogP contribution in [0.2, 0.25) is 0 Å². The lowest BCUT2D eigenvalue weighted by Crippen LogP contribution is -2.55. The maximum Gasteiger partial charge on any atom is 0.319 e. The second-order valence-electron chi connectivity index (χ2n) is 8.08. The van der Waals surface area contributed by atoms with Gasteiger partial charge in [-0.2, -0.15) is 0 Å². The van der Waals surface area contributed by atoms with E-state index in [1.165, 1.54) is 11.1 Å². The van der Waals surface area contributed by atoms with Crippen LogP contribution in [0.5, 0.6) is 0 Å². The first-order valence-corrected chi connectivity index (χ1v) is 9.83. The van der Waals surface area contributed by atoms with Crippen LogP contribution in [0.25, 0.3) is 0 Å². The van der Waals surface area contributed by atoms with Crippen LogP contribution in [0.4, 0.5) is 10.5 Å². The van der Waals surface area contributed by atoms with Crippen LogP contribution in [0.15, 0.2) is 48.5 Å². The minimum Gasteiger partial charge on any atom is -0.335 e. The first-order valence-electron chi connectivity index (χ1n) is 9.83. The summed E-state index contributed by atoms with van der Waals surface area (Å²) in [5.74, 6) is 0.810. The average Bonchev–Trinajstić information content (AvgIpc) is 2.61. The molecule has 2 atom stereocenters. The second kappa shape index (κ2) is 8.57. The summed E-state index contributed by atoms with van der Waals surface area (Å²) >= 11 is 0. The lowest BCUT2D eigenvalue weighted by atomic mass is 9.85. The Kier molecular flexibility index (Phi) is 6.17. The smallest absolute Gasteiger partial charge is 0.319 e. The molecule has 4 nitrogen and oxygen atoms in total. The lowest BCUT2D eigenvalue weighted by molar-refractivity contribution is 0.0994. The number of anilines is 1. The van der Waals surface area contributed by atoms with Gasteiger partial charge in [-0.15, -0.1) is 0 Å². The second-order valence-corrected chi connectivity index (χ2v) is 8.08. The number of hydrogen-bond donors (Lipinski definition) is 2. The zero-order valence-electron chi connectivity index (χ0n) is 16.8.